The first-order valence-corrected chi connectivity index (χ1v) is 4.15. The molecule has 1 heterocycles. The van der Waals surface area contributed by atoms with Crippen molar-refractivity contribution in [3.05, 3.63) is 11.6 Å². The smallest absolute Gasteiger partial charge is 0.0787 e. The molecule has 2 aliphatic rings. The summed E-state index contributed by atoms with van der Waals surface area (Å²) in [6, 6.07) is 0. The van der Waals surface area contributed by atoms with Gasteiger partial charge in [-0.25, -0.2) is 0 Å². The van der Waals surface area contributed by atoms with Crippen LogP contribution in [0.2, 0.25) is 0 Å². The van der Waals surface area contributed by atoms with Crippen molar-refractivity contribution in [2.45, 2.75) is 32.3 Å². The Morgan fingerprint density at radius 1 is 1.50 bits per heavy atom. The summed E-state index contributed by atoms with van der Waals surface area (Å²) in [7, 11) is 0. The third-order valence-corrected chi connectivity index (χ3v) is 2.62. The zero-order chi connectivity index (χ0) is 6.97. The van der Waals surface area contributed by atoms with E-state index in [0.717, 1.165) is 12.5 Å². The van der Waals surface area contributed by atoms with Gasteiger partial charge < -0.3 is 4.74 Å². The van der Waals surface area contributed by atoms with E-state index in [2.05, 4.69) is 13.0 Å². The van der Waals surface area contributed by atoms with Crippen LogP contribution < -0.4 is 0 Å². The average molecular weight is 138 g/mol. The van der Waals surface area contributed by atoms with Gasteiger partial charge in [0.1, 0.15) is 0 Å². The minimum Gasteiger partial charge on any atom is -0.374 e. The second-order valence-electron chi connectivity index (χ2n) is 3.44. The highest BCUT2D eigenvalue weighted by Gasteiger charge is 2.28. The molecule has 0 aromatic rings. The molecule has 2 rings (SSSR count). The summed E-state index contributed by atoms with van der Waals surface area (Å²) in [4.78, 5) is 0. The highest BCUT2D eigenvalue weighted by atomic mass is 16.5. The van der Waals surface area contributed by atoms with E-state index in [-0.39, 0.29) is 0 Å². The van der Waals surface area contributed by atoms with Gasteiger partial charge in [-0.15, -0.1) is 0 Å². The van der Waals surface area contributed by atoms with Crippen molar-refractivity contribution in [3.8, 4) is 0 Å². The third kappa shape index (κ3) is 0.988. The molecule has 1 nitrogen and oxygen atoms in total. The molecule has 2 unspecified atom stereocenters. The van der Waals surface area contributed by atoms with E-state index in [1.54, 1.807) is 0 Å². The Labute approximate surface area is 62.1 Å². The highest BCUT2D eigenvalue weighted by Crippen LogP contribution is 2.32. The van der Waals surface area contributed by atoms with Crippen LogP contribution in [0, 0.1) is 5.92 Å². The first-order chi connectivity index (χ1) is 4.86. The Kier molecular flexibility index (Phi) is 1.53. The molecule has 1 heteroatoms. The van der Waals surface area contributed by atoms with Gasteiger partial charge in [0.05, 0.1) is 6.10 Å². The fourth-order valence-electron chi connectivity index (χ4n) is 1.93. The van der Waals surface area contributed by atoms with Crippen LogP contribution in [-0.2, 0) is 4.74 Å². The summed E-state index contributed by atoms with van der Waals surface area (Å²) in [6.07, 6.45) is 6.72. The van der Waals surface area contributed by atoms with Crippen molar-refractivity contribution in [2.75, 3.05) is 6.61 Å². The zero-order valence-electron chi connectivity index (χ0n) is 6.47. The molecule has 0 amide bonds. The molecule has 1 aliphatic heterocycles. The number of fused-ring (bicyclic) bond motifs is 1. The van der Waals surface area contributed by atoms with Crippen LogP contribution in [0.1, 0.15) is 26.2 Å². The summed E-state index contributed by atoms with van der Waals surface area (Å²) in [6.45, 7) is 3.19. The maximum atomic E-state index is 5.55. The van der Waals surface area contributed by atoms with Gasteiger partial charge in [0, 0.05) is 6.61 Å². The van der Waals surface area contributed by atoms with Crippen molar-refractivity contribution >= 4 is 0 Å². The molecule has 0 spiro atoms. The van der Waals surface area contributed by atoms with Gasteiger partial charge in [0.2, 0.25) is 0 Å². The molecule has 1 fully saturated rings. The number of allylic oxidation sites excluding steroid dienone is 1. The van der Waals surface area contributed by atoms with Gasteiger partial charge in [-0.05, 0) is 32.1 Å². The maximum Gasteiger partial charge on any atom is 0.0787 e. The molecule has 0 aromatic heterocycles. The van der Waals surface area contributed by atoms with Crippen molar-refractivity contribution in [2.24, 2.45) is 5.92 Å². The van der Waals surface area contributed by atoms with E-state index in [4.69, 9.17) is 4.74 Å². The van der Waals surface area contributed by atoms with Gasteiger partial charge >= 0.3 is 0 Å². The van der Waals surface area contributed by atoms with Gasteiger partial charge in [-0.1, -0.05) is 11.6 Å². The van der Waals surface area contributed by atoms with Crippen LogP contribution in [-0.4, -0.2) is 12.7 Å². The molecule has 0 N–H and O–H groups in total. The lowest BCUT2D eigenvalue weighted by Gasteiger charge is -2.21. The highest BCUT2D eigenvalue weighted by molar-refractivity contribution is 5.09. The van der Waals surface area contributed by atoms with E-state index >= 15 is 0 Å². The standard InChI is InChI=1S/C9H14O/c1-7-2-3-8-4-5-10-9(8)6-7/h6,8-9H,2-5H2,1H3. The van der Waals surface area contributed by atoms with Crippen LogP contribution >= 0.6 is 0 Å². The Morgan fingerprint density at radius 3 is 3.30 bits per heavy atom. The Bertz CT molecular complexity index is 160. The van der Waals surface area contributed by atoms with E-state index < -0.39 is 0 Å². The summed E-state index contributed by atoms with van der Waals surface area (Å²) in [5, 5.41) is 0. The molecule has 1 aliphatic carbocycles. The van der Waals surface area contributed by atoms with E-state index in [9.17, 15) is 0 Å². The molecule has 0 radical (unpaired) electrons. The Morgan fingerprint density at radius 2 is 2.40 bits per heavy atom. The lowest BCUT2D eigenvalue weighted by molar-refractivity contribution is 0.121. The molecular weight excluding hydrogens is 124 g/mol. The third-order valence-electron chi connectivity index (χ3n) is 2.62. The Hall–Kier alpha value is -0.300. The predicted molar refractivity (Wildman–Crippen MR) is 40.8 cm³/mol. The molecule has 56 valence electrons. The molecule has 1 saturated heterocycles. The molecule has 2 atom stereocenters. The molecule has 0 aromatic carbocycles. The maximum absolute atomic E-state index is 5.55. The first kappa shape index (κ1) is 6.41. The summed E-state index contributed by atoms with van der Waals surface area (Å²) in [5.41, 5.74) is 1.52. The molecule has 10 heavy (non-hydrogen) atoms. The SMILES string of the molecule is CC1=CC2OCCC2CC1. The number of ether oxygens (including phenoxy) is 1. The van der Waals surface area contributed by atoms with Crippen molar-refractivity contribution < 1.29 is 4.74 Å². The van der Waals surface area contributed by atoms with Crippen LogP contribution in [0.25, 0.3) is 0 Å². The quantitative estimate of drug-likeness (QED) is 0.466. The van der Waals surface area contributed by atoms with Gasteiger partial charge in [0.15, 0.2) is 0 Å². The van der Waals surface area contributed by atoms with Crippen molar-refractivity contribution in [1.29, 1.82) is 0 Å². The second kappa shape index (κ2) is 2.39. The van der Waals surface area contributed by atoms with Crippen LogP contribution in [0.15, 0.2) is 11.6 Å². The average Bonchev–Trinajstić information content (AvgIpc) is 2.33. The first-order valence-electron chi connectivity index (χ1n) is 4.15. The molecular formula is C9H14O. The van der Waals surface area contributed by atoms with Crippen molar-refractivity contribution in [1.82, 2.24) is 0 Å². The second-order valence-corrected chi connectivity index (χ2v) is 3.44. The Balaban J connectivity index is 2.13. The fourth-order valence-corrected chi connectivity index (χ4v) is 1.93. The van der Waals surface area contributed by atoms with E-state index in [0.29, 0.717) is 6.10 Å². The van der Waals surface area contributed by atoms with Gasteiger partial charge in [-0.3, -0.25) is 0 Å². The number of rotatable bonds is 0. The van der Waals surface area contributed by atoms with Crippen LogP contribution in [0.3, 0.4) is 0 Å². The normalized spacial score (nSPS) is 39.1. The zero-order valence-corrected chi connectivity index (χ0v) is 6.47. The predicted octanol–water partition coefficient (Wildman–Crippen LogP) is 2.13. The monoisotopic (exact) mass is 138 g/mol. The minimum atomic E-state index is 0.480. The summed E-state index contributed by atoms with van der Waals surface area (Å²) < 4.78 is 5.55. The minimum absolute atomic E-state index is 0.480. The van der Waals surface area contributed by atoms with E-state index in [1.165, 1.54) is 24.8 Å². The largest absolute Gasteiger partial charge is 0.374 e. The topological polar surface area (TPSA) is 9.23 Å². The van der Waals surface area contributed by atoms with Crippen LogP contribution in [0.4, 0.5) is 0 Å². The van der Waals surface area contributed by atoms with Crippen LogP contribution in [0.5, 0.6) is 0 Å². The fraction of sp³-hybridized carbons (Fsp3) is 0.778. The van der Waals surface area contributed by atoms with E-state index in [1.807, 2.05) is 0 Å². The van der Waals surface area contributed by atoms with Gasteiger partial charge in [0.25, 0.3) is 0 Å². The van der Waals surface area contributed by atoms with Crippen molar-refractivity contribution in [3.63, 3.8) is 0 Å². The summed E-state index contributed by atoms with van der Waals surface area (Å²) >= 11 is 0. The summed E-state index contributed by atoms with van der Waals surface area (Å²) in [5.74, 6) is 0.851. The molecule has 0 saturated carbocycles. The lowest BCUT2D eigenvalue weighted by Crippen LogP contribution is -2.17. The lowest BCUT2D eigenvalue weighted by atomic mass is 9.88. The molecule has 0 bridgehead atoms. The van der Waals surface area contributed by atoms with Gasteiger partial charge in [-0.2, -0.15) is 0 Å². The number of hydrogen-bond donors (Lipinski definition) is 0. The number of hydrogen-bond acceptors (Lipinski definition) is 1.